The lowest BCUT2D eigenvalue weighted by Crippen LogP contribution is -2.19. The Balaban J connectivity index is 2.00. The predicted octanol–water partition coefficient (Wildman–Crippen LogP) is 3.60. The minimum Gasteiger partial charge on any atom is -0.478 e. The molecule has 0 radical (unpaired) electrons. The average molecular weight is 275 g/mol. The van der Waals surface area contributed by atoms with Gasteiger partial charge in [-0.1, -0.05) is 25.3 Å². The monoisotopic (exact) mass is 275 g/mol. The number of nitrogens with one attached hydrogen (secondary N) is 1. The SMILES string of the molecule is Cc1c(NC(=O)CC2CCCCC2)cccc1C(=O)O. The molecule has 1 fully saturated rings. The van der Waals surface area contributed by atoms with E-state index in [9.17, 15) is 9.59 Å². The standard InChI is InChI=1S/C16H21NO3/c1-11-13(16(19)20)8-5-9-14(11)17-15(18)10-12-6-3-2-4-7-12/h5,8-9,12H,2-4,6-7,10H2,1H3,(H,17,18)(H,19,20). The molecule has 0 bridgehead atoms. The van der Waals surface area contributed by atoms with Gasteiger partial charge in [0.1, 0.15) is 0 Å². The summed E-state index contributed by atoms with van der Waals surface area (Å²) in [6, 6.07) is 4.96. The Morgan fingerprint density at radius 1 is 1.25 bits per heavy atom. The molecule has 1 saturated carbocycles. The Hall–Kier alpha value is -1.84. The van der Waals surface area contributed by atoms with Gasteiger partial charge in [-0.2, -0.15) is 0 Å². The van der Waals surface area contributed by atoms with Crippen molar-refractivity contribution in [3.05, 3.63) is 29.3 Å². The Morgan fingerprint density at radius 3 is 2.60 bits per heavy atom. The van der Waals surface area contributed by atoms with Crippen LogP contribution in [0.2, 0.25) is 0 Å². The molecule has 1 aliphatic carbocycles. The van der Waals surface area contributed by atoms with Crippen molar-refractivity contribution < 1.29 is 14.7 Å². The van der Waals surface area contributed by atoms with Crippen LogP contribution in [0.1, 0.15) is 54.4 Å². The van der Waals surface area contributed by atoms with Gasteiger partial charge < -0.3 is 10.4 Å². The van der Waals surface area contributed by atoms with Crippen molar-refractivity contribution >= 4 is 17.6 Å². The van der Waals surface area contributed by atoms with Crippen LogP contribution in [0, 0.1) is 12.8 Å². The first-order chi connectivity index (χ1) is 9.58. The van der Waals surface area contributed by atoms with Gasteiger partial charge in [-0.05, 0) is 43.4 Å². The third-order valence-electron chi connectivity index (χ3n) is 4.04. The van der Waals surface area contributed by atoms with Crippen LogP contribution in [-0.4, -0.2) is 17.0 Å². The number of amides is 1. The van der Waals surface area contributed by atoms with Crippen LogP contribution < -0.4 is 5.32 Å². The van der Waals surface area contributed by atoms with Gasteiger partial charge in [-0.25, -0.2) is 4.79 Å². The molecule has 0 spiro atoms. The van der Waals surface area contributed by atoms with Gasteiger partial charge in [0.2, 0.25) is 5.91 Å². The second-order valence-electron chi connectivity index (χ2n) is 5.54. The molecule has 1 aliphatic rings. The fraction of sp³-hybridized carbons (Fsp3) is 0.500. The molecule has 0 aliphatic heterocycles. The van der Waals surface area contributed by atoms with Crippen molar-refractivity contribution in [1.82, 2.24) is 0 Å². The summed E-state index contributed by atoms with van der Waals surface area (Å²) in [6.07, 6.45) is 6.49. The van der Waals surface area contributed by atoms with Crippen LogP contribution in [0.4, 0.5) is 5.69 Å². The molecule has 0 atom stereocenters. The van der Waals surface area contributed by atoms with Crippen LogP contribution in [0.15, 0.2) is 18.2 Å². The van der Waals surface area contributed by atoms with Crippen LogP contribution in [0.5, 0.6) is 0 Å². The maximum Gasteiger partial charge on any atom is 0.336 e. The van der Waals surface area contributed by atoms with Crippen molar-refractivity contribution in [3.63, 3.8) is 0 Å². The topological polar surface area (TPSA) is 66.4 Å². The summed E-state index contributed by atoms with van der Waals surface area (Å²) < 4.78 is 0. The summed E-state index contributed by atoms with van der Waals surface area (Å²) in [6.45, 7) is 1.72. The molecule has 108 valence electrons. The molecule has 4 nitrogen and oxygen atoms in total. The van der Waals surface area contributed by atoms with Gasteiger partial charge in [-0.3, -0.25) is 4.79 Å². The summed E-state index contributed by atoms with van der Waals surface area (Å²) >= 11 is 0. The molecule has 1 aromatic rings. The van der Waals surface area contributed by atoms with E-state index in [0.29, 0.717) is 23.6 Å². The highest BCUT2D eigenvalue weighted by molar-refractivity contribution is 5.96. The maximum atomic E-state index is 12.1. The number of hydrogen-bond donors (Lipinski definition) is 2. The van der Waals surface area contributed by atoms with E-state index < -0.39 is 5.97 Å². The van der Waals surface area contributed by atoms with E-state index >= 15 is 0 Å². The largest absolute Gasteiger partial charge is 0.478 e. The van der Waals surface area contributed by atoms with E-state index in [-0.39, 0.29) is 11.5 Å². The zero-order valence-corrected chi connectivity index (χ0v) is 11.8. The molecule has 4 heteroatoms. The number of carbonyl (C=O) groups excluding carboxylic acids is 1. The fourth-order valence-corrected chi connectivity index (χ4v) is 2.86. The first-order valence-corrected chi connectivity index (χ1v) is 7.20. The molecular formula is C16H21NO3. The van der Waals surface area contributed by atoms with E-state index in [0.717, 1.165) is 12.8 Å². The van der Waals surface area contributed by atoms with E-state index in [1.54, 1.807) is 25.1 Å². The van der Waals surface area contributed by atoms with Gasteiger partial charge in [-0.15, -0.1) is 0 Å². The lowest BCUT2D eigenvalue weighted by atomic mass is 9.87. The molecule has 2 N–H and O–H groups in total. The Morgan fingerprint density at radius 2 is 1.95 bits per heavy atom. The Labute approximate surface area is 119 Å². The van der Waals surface area contributed by atoms with Crippen molar-refractivity contribution in [3.8, 4) is 0 Å². The van der Waals surface area contributed by atoms with Crippen LogP contribution in [0.3, 0.4) is 0 Å². The van der Waals surface area contributed by atoms with Gasteiger partial charge >= 0.3 is 5.97 Å². The van der Waals surface area contributed by atoms with Gasteiger partial charge in [0.25, 0.3) is 0 Å². The highest BCUT2D eigenvalue weighted by Gasteiger charge is 2.18. The van der Waals surface area contributed by atoms with Crippen LogP contribution >= 0.6 is 0 Å². The molecular weight excluding hydrogens is 254 g/mol. The zero-order chi connectivity index (χ0) is 14.5. The second kappa shape index (κ2) is 6.55. The third-order valence-corrected chi connectivity index (χ3v) is 4.04. The van der Waals surface area contributed by atoms with Gasteiger partial charge in [0.05, 0.1) is 5.56 Å². The maximum absolute atomic E-state index is 12.1. The minimum atomic E-state index is -0.967. The lowest BCUT2D eigenvalue weighted by Gasteiger charge is -2.21. The highest BCUT2D eigenvalue weighted by Crippen LogP contribution is 2.27. The minimum absolute atomic E-state index is 0.0115. The number of carbonyl (C=O) groups is 2. The van der Waals surface area contributed by atoms with Crippen LogP contribution in [0.25, 0.3) is 0 Å². The summed E-state index contributed by atoms with van der Waals surface area (Å²) in [7, 11) is 0. The zero-order valence-electron chi connectivity index (χ0n) is 11.8. The van der Waals surface area contributed by atoms with Crippen molar-refractivity contribution in [2.45, 2.75) is 45.4 Å². The third kappa shape index (κ3) is 3.59. The summed E-state index contributed by atoms with van der Waals surface area (Å²) in [5.41, 5.74) is 1.45. The van der Waals surface area contributed by atoms with Crippen molar-refractivity contribution in [1.29, 1.82) is 0 Å². The highest BCUT2D eigenvalue weighted by atomic mass is 16.4. The first kappa shape index (κ1) is 14.6. The molecule has 0 aromatic heterocycles. The molecule has 0 saturated heterocycles. The number of benzene rings is 1. The quantitative estimate of drug-likeness (QED) is 0.882. The van der Waals surface area contributed by atoms with E-state index in [1.165, 1.54) is 19.3 Å². The number of aromatic carboxylic acids is 1. The Bertz CT molecular complexity index is 504. The van der Waals surface area contributed by atoms with Gasteiger partial charge in [0, 0.05) is 12.1 Å². The number of carboxylic acid groups (broad SMARTS) is 1. The lowest BCUT2D eigenvalue weighted by molar-refractivity contribution is -0.117. The number of rotatable bonds is 4. The summed E-state index contributed by atoms with van der Waals surface area (Å²) in [5, 5.41) is 11.9. The summed E-state index contributed by atoms with van der Waals surface area (Å²) in [4.78, 5) is 23.1. The fourth-order valence-electron chi connectivity index (χ4n) is 2.86. The molecule has 1 aromatic carbocycles. The van der Waals surface area contributed by atoms with Gasteiger partial charge in [0.15, 0.2) is 0 Å². The second-order valence-corrected chi connectivity index (χ2v) is 5.54. The molecule has 1 amide bonds. The molecule has 2 rings (SSSR count). The summed E-state index contributed by atoms with van der Waals surface area (Å²) in [5.74, 6) is -0.500. The first-order valence-electron chi connectivity index (χ1n) is 7.20. The van der Waals surface area contributed by atoms with Crippen molar-refractivity contribution in [2.75, 3.05) is 5.32 Å². The van der Waals surface area contributed by atoms with Crippen molar-refractivity contribution in [2.24, 2.45) is 5.92 Å². The number of carboxylic acids is 1. The van der Waals surface area contributed by atoms with E-state index in [4.69, 9.17) is 5.11 Å². The predicted molar refractivity (Wildman–Crippen MR) is 78.0 cm³/mol. The molecule has 0 heterocycles. The van der Waals surface area contributed by atoms with Crippen LogP contribution in [-0.2, 0) is 4.79 Å². The smallest absolute Gasteiger partial charge is 0.336 e. The molecule has 20 heavy (non-hydrogen) atoms. The van der Waals surface area contributed by atoms with E-state index in [2.05, 4.69) is 5.32 Å². The van der Waals surface area contributed by atoms with E-state index in [1.807, 2.05) is 0 Å². The molecule has 0 unspecified atom stereocenters. The average Bonchev–Trinajstić information content (AvgIpc) is 2.42. The normalized spacial score (nSPS) is 15.8. The Kier molecular flexibility index (Phi) is 4.77. The number of hydrogen-bond acceptors (Lipinski definition) is 2. The number of anilines is 1.